The molecule has 0 radical (unpaired) electrons. The van der Waals surface area contributed by atoms with Crippen LogP contribution in [0.2, 0.25) is 0 Å². The molecule has 0 amide bonds. The molecule has 2 heteroatoms. The maximum Gasteiger partial charge on any atom is 0.0868 e. The highest BCUT2D eigenvalue weighted by Crippen LogP contribution is 2.64. The largest absolute Gasteiger partial charge is 0.390 e. The molecule has 0 aromatic carbocycles. The van der Waals surface area contributed by atoms with Crippen LogP contribution in [-0.2, 0) is 4.74 Å². The van der Waals surface area contributed by atoms with E-state index < -0.39 is 0 Å². The monoisotopic (exact) mass is 304 g/mol. The molecule has 1 saturated heterocycles. The number of rotatable bonds is 0. The molecule has 4 rings (SSSR count). The number of allylic oxidation sites excluding steroid dienone is 1. The van der Waals surface area contributed by atoms with Crippen molar-refractivity contribution in [2.75, 3.05) is 6.61 Å². The Morgan fingerprint density at radius 1 is 1.05 bits per heavy atom. The van der Waals surface area contributed by atoms with Crippen LogP contribution in [0.15, 0.2) is 11.1 Å². The summed E-state index contributed by atoms with van der Waals surface area (Å²) in [5, 5.41) is 10.4. The van der Waals surface area contributed by atoms with Gasteiger partial charge in [0.25, 0.3) is 0 Å². The van der Waals surface area contributed by atoms with Gasteiger partial charge in [0.05, 0.1) is 18.8 Å². The van der Waals surface area contributed by atoms with Gasteiger partial charge in [-0.15, -0.1) is 0 Å². The lowest BCUT2D eigenvalue weighted by atomic mass is 9.47. The highest BCUT2D eigenvalue weighted by atomic mass is 16.5. The van der Waals surface area contributed by atoms with Crippen LogP contribution < -0.4 is 0 Å². The number of hydrogen-bond donors (Lipinski definition) is 1. The molecule has 2 fully saturated rings. The summed E-state index contributed by atoms with van der Waals surface area (Å²) in [6.45, 7) is 10.3. The van der Waals surface area contributed by atoms with Gasteiger partial charge in [0.1, 0.15) is 0 Å². The Hall–Kier alpha value is -0.340. The summed E-state index contributed by atoms with van der Waals surface area (Å²) in [7, 11) is 0. The second-order valence-corrected chi connectivity index (χ2v) is 9.59. The van der Waals surface area contributed by atoms with Gasteiger partial charge < -0.3 is 9.84 Å². The normalized spacial score (nSPS) is 50.3. The summed E-state index contributed by atoms with van der Waals surface area (Å²) in [5.41, 5.74) is 4.14. The predicted octanol–water partition coefficient (Wildman–Crippen LogP) is 4.47. The predicted molar refractivity (Wildman–Crippen MR) is 88.6 cm³/mol. The molecule has 4 aliphatic rings. The van der Waals surface area contributed by atoms with Crippen LogP contribution in [0, 0.1) is 22.2 Å². The Morgan fingerprint density at radius 2 is 1.82 bits per heavy atom. The van der Waals surface area contributed by atoms with Crippen molar-refractivity contribution < 1.29 is 9.84 Å². The molecular formula is C20H32O2. The van der Waals surface area contributed by atoms with Crippen molar-refractivity contribution in [3.8, 4) is 0 Å². The van der Waals surface area contributed by atoms with E-state index in [4.69, 9.17) is 4.74 Å². The first-order chi connectivity index (χ1) is 10.3. The third-order valence-electron chi connectivity index (χ3n) is 8.02. The lowest BCUT2D eigenvalue weighted by Crippen LogP contribution is -2.50. The topological polar surface area (TPSA) is 29.5 Å². The van der Waals surface area contributed by atoms with E-state index in [0.29, 0.717) is 17.4 Å². The Morgan fingerprint density at radius 3 is 2.59 bits per heavy atom. The summed E-state index contributed by atoms with van der Waals surface area (Å²) in [6, 6.07) is 0. The van der Waals surface area contributed by atoms with Crippen molar-refractivity contribution >= 4 is 0 Å². The number of fused-ring (bicyclic) bond motifs is 4. The zero-order valence-corrected chi connectivity index (χ0v) is 14.7. The van der Waals surface area contributed by atoms with Crippen LogP contribution in [0.5, 0.6) is 0 Å². The third-order valence-corrected chi connectivity index (χ3v) is 8.02. The molecule has 1 N–H and O–H groups in total. The molecule has 5 atom stereocenters. The van der Waals surface area contributed by atoms with E-state index in [0.717, 1.165) is 12.3 Å². The Kier molecular flexibility index (Phi) is 3.18. The van der Waals surface area contributed by atoms with Crippen LogP contribution in [0.3, 0.4) is 0 Å². The van der Waals surface area contributed by atoms with E-state index in [-0.39, 0.29) is 17.6 Å². The molecule has 1 aliphatic heterocycles. The highest BCUT2D eigenvalue weighted by Gasteiger charge is 2.57. The molecule has 1 saturated carbocycles. The van der Waals surface area contributed by atoms with Crippen LogP contribution in [0.25, 0.3) is 0 Å². The summed E-state index contributed by atoms with van der Waals surface area (Å²) in [5.74, 6) is 0.822. The first kappa shape index (κ1) is 15.2. The zero-order chi connectivity index (χ0) is 15.8. The van der Waals surface area contributed by atoms with Gasteiger partial charge in [0.15, 0.2) is 0 Å². The second-order valence-electron chi connectivity index (χ2n) is 9.59. The first-order valence-corrected chi connectivity index (χ1v) is 9.31. The van der Waals surface area contributed by atoms with Gasteiger partial charge in [0, 0.05) is 5.41 Å². The van der Waals surface area contributed by atoms with Crippen molar-refractivity contribution in [3.63, 3.8) is 0 Å². The summed E-state index contributed by atoms with van der Waals surface area (Å²) >= 11 is 0. The molecule has 0 aromatic heterocycles. The molecule has 0 aromatic rings. The van der Waals surface area contributed by atoms with E-state index >= 15 is 0 Å². The summed E-state index contributed by atoms with van der Waals surface area (Å²) in [4.78, 5) is 0. The van der Waals surface area contributed by atoms with E-state index in [9.17, 15) is 5.11 Å². The molecule has 124 valence electrons. The lowest BCUT2D eigenvalue weighted by Gasteiger charge is -2.58. The second kappa shape index (κ2) is 4.60. The van der Waals surface area contributed by atoms with Crippen molar-refractivity contribution in [1.82, 2.24) is 0 Å². The third kappa shape index (κ3) is 1.80. The quantitative estimate of drug-likeness (QED) is 0.669. The van der Waals surface area contributed by atoms with Crippen molar-refractivity contribution in [3.05, 3.63) is 11.1 Å². The van der Waals surface area contributed by atoms with E-state index in [1.807, 2.05) is 0 Å². The number of aliphatic hydroxyl groups excluding tert-OH is 1. The van der Waals surface area contributed by atoms with Gasteiger partial charge in [-0.25, -0.2) is 0 Å². The number of aliphatic hydroxyl groups is 1. The zero-order valence-electron chi connectivity index (χ0n) is 14.7. The number of hydrogen-bond acceptors (Lipinski definition) is 2. The SMILES string of the molecule is CC1(C)CCC[C@]2(C)C3=C(CC[C@@H]12)[C@H]1OC[C@H](O)[C@@]1(C)CC3. The van der Waals surface area contributed by atoms with Crippen LogP contribution in [-0.4, -0.2) is 23.9 Å². The minimum absolute atomic E-state index is 0.0355. The molecular weight excluding hydrogens is 272 g/mol. The average Bonchev–Trinajstić information content (AvgIpc) is 2.74. The van der Waals surface area contributed by atoms with Gasteiger partial charge in [-0.3, -0.25) is 0 Å². The van der Waals surface area contributed by atoms with Crippen LogP contribution in [0.1, 0.15) is 72.6 Å². The number of ether oxygens (including phenoxy) is 1. The van der Waals surface area contributed by atoms with Gasteiger partial charge in [-0.05, 0) is 60.8 Å². The van der Waals surface area contributed by atoms with E-state index in [1.54, 1.807) is 11.1 Å². The fraction of sp³-hybridized carbons (Fsp3) is 0.900. The van der Waals surface area contributed by atoms with Crippen molar-refractivity contribution in [2.24, 2.45) is 22.2 Å². The minimum atomic E-state index is -0.278. The van der Waals surface area contributed by atoms with Gasteiger partial charge in [0.2, 0.25) is 0 Å². The van der Waals surface area contributed by atoms with Crippen LogP contribution in [0.4, 0.5) is 0 Å². The average molecular weight is 304 g/mol. The fourth-order valence-corrected chi connectivity index (χ4v) is 6.68. The molecule has 3 aliphatic carbocycles. The summed E-state index contributed by atoms with van der Waals surface area (Å²) < 4.78 is 6.11. The fourth-order valence-electron chi connectivity index (χ4n) is 6.68. The van der Waals surface area contributed by atoms with Crippen LogP contribution >= 0.6 is 0 Å². The Balaban J connectivity index is 1.77. The van der Waals surface area contributed by atoms with E-state index in [2.05, 4.69) is 27.7 Å². The molecule has 0 unspecified atom stereocenters. The van der Waals surface area contributed by atoms with Crippen molar-refractivity contribution in [1.29, 1.82) is 0 Å². The summed E-state index contributed by atoms with van der Waals surface area (Å²) in [6.07, 6.45) is 8.81. The van der Waals surface area contributed by atoms with Gasteiger partial charge >= 0.3 is 0 Å². The smallest absolute Gasteiger partial charge is 0.0868 e. The maximum atomic E-state index is 10.4. The Labute approximate surface area is 135 Å². The molecule has 0 spiro atoms. The standard InChI is InChI=1S/C20H32O2/c1-18(2)9-5-10-19(3)14-8-11-20(4)16(21)12-22-17(20)13(14)6-7-15(18)19/h15-17,21H,5-12H2,1-4H3/t15-,16-,17+,19+,20+/m0/s1. The minimum Gasteiger partial charge on any atom is -0.390 e. The molecule has 1 heterocycles. The molecule has 22 heavy (non-hydrogen) atoms. The van der Waals surface area contributed by atoms with Gasteiger partial charge in [-0.1, -0.05) is 39.7 Å². The first-order valence-electron chi connectivity index (χ1n) is 9.31. The van der Waals surface area contributed by atoms with Crippen molar-refractivity contribution in [2.45, 2.75) is 84.8 Å². The van der Waals surface area contributed by atoms with E-state index in [1.165, 1.54) is 38.5 Å². The molecule has 2 nitrogen and oxygen atoms in total. The van der Waals surface area contributed by atoms with Gasteiger partial charge in [-0.2, -0.15) is 0 Å². The Bertz CT molecular complexity index is 520. The highest BCUT2D eigenvalue weighted by molar-refractivity contribution is 5.36. The maximum absolute atomic E-state index is 10.4. The lowest BCUT2D eigenvalue weighted by molar-refractivity contribution is -0.0153. The molecule has 0 bridgehead atoms.